The predicted octanol–water partition coefficient (Wildman–Crippen LogP) is 1.82. The third-order valence-electron chi connectivity index (χ3n) is 4.73. The number of aromatic amines is 2. The van der Waals surface area contributed by atoms with Crippen molar-refractivity contribution in [2.45, 2.75) is 13.5 Å². The zero-order chi connectivity index (χ0) is 20.4. The van der Waals surface area contributed by atoms with E-state index in [1.54, 1.807) is 31.2 Å². The molecule has 0 atom stereocenters. The molecule has 0 aliphatic carbocycles. The van der Waals surface area contributed by atoms with E-state index in [2.05, 4.69) is 20.6 Å². The molecule has 0 radical (unpaired) electrons. The minimum atomic E-state index is -0.344. The molecule has 2 heterocycles. The van der Waals surface area contributed by atoms with E-state index in [1.807, 2.05) is 30.3 Å². The molecule has 3 N–H and O–H groups in total. The monoisotopic (exact) mass is 389 g/mol. The highest BCUT2D eigenvalue weighted by Gasteiger charge is 2.19. The van der Waals surface area contributed by atoms with Crippen molar-refractivity contribution in [3.05, 3.63) is 86.6 Å². The van der Waals surface area contributed by atoms with Gasteiger partial charge in [-0.3, -0.25) is 24.6 Å². The summed E-state index contributed by atoms with van der Waals surface area (Å²) in [5, 5.41) is 13.1. The summed E-state index contributed by atoms with van der Waals surface area (Å²) in [4.78, 5) is 37.5. The summed E-state index contributed by atoms with van der Waals surface area (Å²) < 4.78 is 1.21. The molecule has 4 aromatic rings. The van der Waals surface area contributed by atoms with Crippen molar-refractivity contribution in [2.75, 3.05) is 6.54 Å². The van der Waals surface area contributed by atoms with Crippen LogP contribution in [0.3, 0.4) is 0 Å². The fourth-order valence-corrected chi connectivity index (χ4v) is 3.29. The SMILES string of the molecule is Cc1[nH]nc(-c2ccccc2)c1C(=O)NCCn1[nH]c(=O)c2ccccc2c1=O. The number of rotatable bonds is 5. The van der Waals surface area contributed by atoms with Crippen LogP contribution in [0.1, 0.15) is 16.1 Å². The van der Waals surface area contributed by atoms with E-state index in [1.165, 1.54) is 4.68 Å². The van der Waals surface area contributed by atoms with Crippen molar-refractivity contribution in [3.63, 3.8) is 0 Å². The Kier molecular flexibility index (Phi) is 4.82. The first-order chi connectivity index (χ1) is 14.1. The van der Waals surface area contributed by atoms with Crippen molar-refractivity contribution in [3.8, 4) is 11.3 Å². The Morgan fingerprint density at radius 1 is 1.03 bits per heavy atom. The molecule has 0 saturated heterocycles. The number of aromatic nitrogens is 4. The first-order valence-corrected chi connectivity index (χ1v) is 9.16. The maximum atomic E-state index is 12.7. The number of aryl methyl sites for hydroxylation is 1. The van der Waals surface area contributed by atoms with Gasteiger partial charge in [-0.05, 0) is 19.1 Å². The summed E-state index contributed by atoms with van der Waals surface area (Å²) in [6.07, 6.45) is 0. The summed E-state index contributed by atoms with van der Waals surface area (Å²) in [7, 11) is 0. The third kappa shape index (κ3) is 3.47. The molecule has 2 aromatic carbocycles. The molecular weight excluding hydrogens is 370 g/mol. The predicted molar refractivity (Wildman–Crippen MR) is 110 cm³/mol. The van der Waals surface area contributed by atoms with Gasteiger partial charge in [-0.25, -0.2) is 4.68 Å². The number of benzene rings is 2. The topological polar surface area (TPSA) is 113 Å². The minimum absolute atomic E-state index is 0.141. The molecule has 1 amide bonds. The van der Waals surface area contributed by atoms with E-state index in [9.17, 15) is 14.4 Å². The fourth-order valence-electron chi connectivity index (χ4n) is 3.29. The molecule has 0 saturated carbocycles. The number of nitrogens with zero attached hydrogens (tertiary/aromatic N) is 2. The summed E-state index contributed by atoms with van der Waals surface area (Å²) in [5.74, 6) is -0.300. The van der Waals surface area contributed by atoms with Gasteiger partial charge in [-0.15, -0.1) is 0 Å². The highest BCUT2D eigenvalue weighted by Crippen LogP contribution is 2.23. The van der Waals surface area contributed by atoms with E-state index in [0.717, 1.165) is 5.56 Å². The highest BCUT2D eigenvalue weighted by atomic mass is 16.2. The first kappa shape index (κ1) is 18.4. The Morgan fingerprint density at radius 3 is 2.48 bits per heavy atom. The molecule has 0 fully saturated rings. The zero-order valence-electron chi connectivity index (χ0n) is 15.7. The smallest absolute Gasteiger partial charge is 0.273 e. The van der Waals surface area contributed by atoms with Gasteiger partial charge in [0.25, 0.3) is 17.0 Å². The molecular formula is C21H19N5O3. The lowest BCUT2D eigenvalue weighted by atomic mass is 10.1. The quantitative estimate of drug-likeness (QED) is 0.483. The molecule has 0 bridgehead atoms. The minimum Gasteiger partial charge on any atom is -0.350 e. The molecule has 4 rings (SSSR count). The standard InChI is InChI=1S/C21H19N5O3/c1-13-17(18(24-23-13)14-7-3-2-4-8-14)20(28)22-11-12-26-21(29)16-10-6-5-9-15(16)19(27)25-26/h2-10H,11-12H2,1H3,(H,22,28)(H,23,24)(H,25,27). The molecule has 0 aliphatic heterocycles. The van der Waals surface area contributed by atoms with Crippen LogP contribution in [-0.4, -0.2) is 32.4 Å². The Bertz CT molecular complexity index is 1300. The van der Waals surface area contributed by atoms with Crippen LogP contribution in [0.15, 0.2) is 64.2 Å². The Morgan fingerprint density at radius 2 is 1.72 bits per heavy atom. The van der Waals surface area contributed by atoms with E-state index >= 15 is 0 Å². The molecule has 2 aromatic heterocycles. The largest absolute Gasteiger partial charge is 0.350 e. The normalized spacial score (nSPS) is 10.9. The molecule has 0 aliphatic rings. The van der Waals surface area contributed by atoms with E-state index in [4.69, 9.17) is 0 Å². The number of carbonyl (C=O) groups is 1. The summed E-state index contributed by atoms with van der Waals surface area (Å²) in [5.41, 5.74) is 1.85. The van der Waals surface area contributed by atoms with E-state index in [0.29, 0.717) is 27.7 Å². The highest BCUT2D eigenvalue weighted by molar-refractivity contribution is 6.01. The van der Waals surface area contributed by atoms with Crippen molar-refractivity contribution in [2.24, 2.45) is 0 Å². The van der Waals surface area contributed by atoms with Gasteiger partial charge >= 0.3 is 0 Å². The second-order valence-corrected chi connectivity index (χ2v) is 6.64. The van der Waals surface area contributed by atoms with Crippen LogP contribution in [0.4, 0.5) is 0 Å². The Labute approximate surface area is 165 Å². The van der Waals surface area contributed by atoms with Crippen molar-refractivity contribution < 1.29 is 4.79 Å². The van der Waals surface area contributed by atoms with E-state index in [-0.39, 0.29) is 30.1 Å². The summed E-state index contributed by atoms with van der Waals surface area (Å²) in [6, 6.07) is 16.0. The van der Waals surface area contributed by atoms with Crippen LogP contribution in [0.5, 0.6) is 0 Å². The van der Waals surface area contributed by atoms with Gasteiger partial charge in [0.15, 0.2) is 0 Å². The van der Waals surface area contributed by atoms with Crippen LogP contribution >= 0.6 is 0 Å². The van der Waals surface area contributed by atoms with Gasteiger partial charge in [0.2, 0.25) is 0 Å². The van der Waals surface area contributed by atoms with Gasteiger partial charge in [0, 0.05) is 17.8 Å². The zero-order valence-corrected chi connectivity index (χ0v) is 15.7. The number of H-pyrrole nitrogens is 2. The number of nitrogens with one attached hydrogen (secondary N) is 3. The van der Waals surface area contributed by atoms with Crippen molar-refractivity contribution in [1.82, 2.24) is 25.3 Å². The Balaban J connectivity index is 1.53. The number of amides is 1. The van der Waals surface area contributed by atoms with Crippen LogP contribution < -0.4 is 16.4 Å². The molecule has 146 valence electrons. The lowest BCUT2D eigenvalue weighted by Gasteiger charge is -2.09. The maximum absolute atomic E-state index is 12.7. The van der Waals surface area contributed by atoms with Crippen molar-refractivity contribution in [1.29, 1.82) is 0 Å². The maximum Gasteiger partial charge on any atom is 0.273 e. The second-order valence-electron chi connectivity index (χ2n) is 6.64. The first-order valence-electron chi connectivity index (χ1n) is 9.16. The molecule has 0 unspecified atom stereocenters. The van der Waals surface area contributed by atoms with Crippen molar-refractivity contribution >= 4 is 16.7 Å². The molecule has 8 heteroatoms. The number of hydrogen-bond donors (Lipinski definition) is 3. The van der Waals surface area contributed by atoms with Crippen LogP contribution in [-0.2, 0) is 6.54 Å². The van der Waals surface area contributed by atoms with Gasteiger partial charge in [0.1, 0.15) is 5.69 Å². The molecule has 29 heavy (non-hydrogen) atoms. The fraction of sp³-hybridized carbons (Fsp3) is 0.143. The van der Waals surface area contributed by atoms with Gasteiger partial charge < -0.3 is 5.32 Å². The number of carbonyl (C=O) groups excluding carboxylic acids is 1. The average Bonchev–Trinajstić information content (AvgIpc) is 3.13. The van der Waals surface area contributed by atoms with Crippen LogP contribution in [0.25, 0.3) is 22.0 Å². The second kappa shape index (κ2) is 7.59. The number of fused-ring (bicyclic) bond motifs is 1. The summed E-state index contributed by atoms with van der Waals surface area (Å²) >= 11 is 0. The van der Waals surface area contributed by atoms with Gasteiger partial charge in [-0.2, -0.15) is 5.10 Å². The van der Waals surface area contributed by atoms with Gasteiger partial charge in [0.05, 0.1) is 22.9 Å². The lowest BCUT2D eigenvalue weighted by molar-refractivity contribution is 0.0952. The lowest BCUT2D eigenvalue weighted by Crippen LogP contribution is -2.35. The number of hydrogen-bond acceptors (Lipinski definition) is 4. The van der Waals surface area contributed by atoms with Crippen LogP contribution in [0, 0.1) is 6.92 Å². The average molecular weight is 389 g/mol. The van der Waals surface area contributed by atoms with Crippen LogP contribution in [0.2, 0.25) is 0 Å². The third-order valence-corrected chi connectivity index (χ3v) is 4.73. The van der Waals surface area contributed by atoms with E-state index < -0.39 is 0 Å². The van der Waals surface area contributed by atoms with Gasteiger partial charge in [-0.1, -0.05) is 42.5 Å². The Hall–Kier alpha value is -3.94. The summed E-state index contributed by atoms with van der Waals surface area (Å²) in [6.45, 7) is 2.09. The molecule has 8 nitrogen and oxygen atoms in total. The molecule has 0 spiro atoms.